The highest BCUT2D eigenvalue weighted by atomic mass is 79.9. The average Bonchev–Trinajstić information content (AvgIpc) is 3.20. The van der Waals surface area contributed by atoms with Crippen LogP contribution in [0.1, 0.15) is 120 Å². The lowest BCUT2D eigenvalue weighted by Gasteiger charge is -2.10. The standard InChI is InChI=1S/C20H27BrO5S.C8H6O4.C8H16O2S.C4H9BrO/c1-3-27-18(22)10-5-4-6-11-25-19(23)16-8-7-9-17(12-16)20(24)26-14-15(2)13-21;9-7(10)5-2-1-3-6(4-5)8(11)12;1-2-11-8(10)6-4-3-5-7-9;1-4(2-5)3-6/h7-9,12,15H,3-6,10-11,13-14H2,1-2H3;1-4H,(H,9,10)(H,11,12);9H,2-7H2,1H3;4,6H,2-3H2,1H3. The number of carboxylic acid groups (broad SMARTS) is 2. The van der Waals surface area contributed by atoms with E-state index in [0.29, 0.717) is 49.5 Å². The van der Waals surface area contributed by atoms with E-state index in [1.165, 1.54) is 47.8 Å². The molecule has 56 heavy (non-hydrogen) atoms. The monoisotopic (exact) mass is 952 g/mol. The van der Waals surface area contributed by atoms with E-state index in [0.717, 1.165) is 60.3 Å². The molecular weight excluding hydrogens is 896 g/mol. The van der Waals surface area contributed by atoms with E-state index >= 15 is 0 Å². The van der Waals surface area contributed by atoms with Crippen molar-refractivity contribution in [1.29, 1.82) is 0 Å². The minimum atomic E-state index is -1.13. The summed E-state index contributed by atoms with van der Waals surface area (Å²) in [6.07, 6.45) is 6.28. The van der Waals surface area contributed by atoms with Crippen LogP contribution in [0.25, 0.3) is 0 Å². The normalized spacial score (nSPS) is 11.1. The van der Waals surface area contributed by atoms with Gasteiger partial charge in [-0.1, -0.05) is 102 Å². The topological polar surface area (TPSA) is 202 Å². The number of ether oxygens (including phenoxy) is 2. The van der Waals surface area contributed by atoms with Gasteiger partial charge in [-0.15, -0.1) is 0 Å². The number of hydrogen-bond donors (Lipinski definition) is 4. The summed E-state index contributed by atoms with van der Waals surface area (Å²) in [5.41, 5.74) is 0.621. The van der Waals surface area contributed by atoms with Crippen LogP contribution in [0.5, 0.6) is 0 Å². The number of esters is 2. The number of carbonyl (C=O) groups excluding carboxylic acids is 4. The number of aliphatic hydroxyl groups is 2. The summed E-state index contributed by atoms with van der Waals surface area (Å²) in [6.45, 7) is 9.03. The molecule has 2 unspecified atom stereocenters. The Balaban J connectivity index is 0. The second-order valence-electron chi connectivity index (χ2n) is 12.2. The summed E-state index contributed by atoms with van der Waals surface area (Å²) in [5, 5.41) is 35.9. The van der Waals surface area contributed by atoms with Crippen molar-refractivity contribution in [2.24, 2.45) is 11.8 Å². The zero-order valence-corrected chi connectivity index (χ0v) is 37.5. The number of hydrogen-bond acceptors (Lipinski definition) is 12. The third-order valence-electron chi connectivity index (χ3n) is 6.94. The van der Waals surface area contributed by atoms with Gasteiger partial charge in [0.25, 0.3) is 0 Å². The van der Waals surface area contributed by atoms with E-state index in [-0.39, 0.29) is 40.5 Å². The minimum absolute atomic E-state index is 0.0186. The van der Waals surface area contributed by atoms with Gasteiger partial charge in [-0.25, -0.2) is 19.2 Å². The van der Waals surface area contributed by atoms with Crippen LogP contribution in [-0.2, 0) is 19.1 Å². The number of thioether (sulfide) groups is 2. The number of aliphatic hydroxyl groups excluding tert-OH is 2. The van der Waals surface area contributed by atoms with Crippen molar-refractivity contribution in [1.82, 2.24) is 0 Å². The summed E-state index contributed by atoms with van der Waals surface area (Å²) in [5.74, 6) is -0.862. The van der Waals surface area contributed by atoms with Gasteiger partial charge in [0.1, 0.15) is 0 Å². The molecule has 12 nitrogen and oxygen atoms in total. The lowest BCUT2D eigenvalue weighted by atomic mass is 10.1. The quantitative estimate of drug-likeness (QED) is 0.0496. The molecule has 0 bridgehead atoms. The Morgan fingerprint density at radius 2 is 1.05 bits per heavy atom. The highest BCUT2D eigenvalue weighted by Gasteiger charge is 2.14. The van der Waals surface area contributed by atoms with E-state index in [1.807, 2.05) is 27.7 Å². The predicted molar refractivity (Wildman–Crippen MR) is 231 cm³/mol. The van der Waals surface area contributed by atoms with Gasteiger partial charge in [0.2, 0.25) is 0 Å². The van der Waals surface area contributed by atoms with Crippen LogP contribution in [-0.4, -0.2) is 103 Å². The molecule has 2 atom stereocenters. The molecule has 0 spiro atoms. The molecule has 2 aromatic rings. The SMILES string of the molecule is CC(CO)CBr.CCSC(=O)CCCCCO.CCSC(=O)CCCCCOC(=O)c1cccc(C(=O)OCC(C)CBr)c1.O=C(O)c1cccc(C(=O)O)c1. The first kappa shape index (κ1) is 55.3. The maximum Gasteiger partial charge on any atom is 0.338 e. The number of unbranched alkanes of at least 4 members (excludes halogenated alkanes) is 4. The fraction of sp³-hybridized carbons (Fsp3) is 0.550. The van der Waals surface area contributed by atoms with Gasteiger partial charge in [0.05, 0.1) is 35.5 Å². The first-order valence-corrected chi connectivity index (χ1v) is 22.6. The summed E-state index contributed by atoms with van der Waals surface area (Å²) in [7, 11) is 0. The smallest absolute Gasteiger partial charge is 0.338 e. The number of carbonyl (C=O) groups is 6. The number of carboxylic acids is 2. The minimum Gasteiger partial charge on any atom is -0.478 e. The second-order valence-corrected chi connectivity index (χ2v) is 16.1. The molecule has 0 fully saturated rings. The maximum atomic E-state index is 12.1. The van der Waals surface area contributed by atoms with Crippen LogP contribution in [0.2, 0.25) is 0 Å². The van der Waals surface area contributed by atoms with Crippen LogP contribution in [0.3, 0.4) is 0 Å². The highest BCUT2D eigenvalue weighted by molar-refractivity contribution is 9.09. The van der Waals surface area contributed by atoms with Crippen molar-refractivity contribution < 1.29 is 58.7 Å². The number of aromatic carboxylic acids is 2. The van der Waals surface area contributed by atoms with Crippen molar-refractivity contribution in [3.63, 3.8) is 0 Å². The summed E-state index contributed by atoms with van der Waals surface area (Å²) >= 11 is 9.28. The summed E-state index contributed by atoms with van der Waals surface area (Å²) < 4.78 is 10.5. The number of rotatable bonds is 22. The molecule has 2 aromatic carbocycles. The fourth-order valence-electron chi connectivity index (χ4n) is 3.77. The van der Waals surface area contributed by atoms with Crippen LogP contribution in [0.15, 0.2) is 48.5 Å². The van der Waals surface area contributed by atoms with Gasteiger partial charge in [-0.2, -0.15) is 0 Å². The summed E-state index contributed by atoms with van der Waals surface area (Å²) in [6, 6.07) is 11.5. The van der Waals surface area contributed by atoms with Crippen molar-refractivity contribution in [2.45, 2.75) is 79.1 Å². The molecule has 316 valence electrons. The highest BCUT2D eigenvalue weighted by Crippen LogP contribution is 2.13. The molecule has 0 aliphatic carbocycles. The first-order valence-electron chi connectivity index (χ1n) is 18.4. The lowest BCUT2D eigenvalue weighted by molar-refractivity contribution is -0.111. The third kappa shape index (κ3) is 30.4. The van der Waals surface area contributed by atoms with E-state index in [1.54, 1.807) is 18.2 Å². The van der Waals surface area contributed by atoms with E-state index in [4.69, 9.17) is 29.9 Å². The third-order valence-corrected chi connectivity index (χ3v) is 10.8. The van der Waals surface area contributed by atoms with Gasteiger partial charge < -0.3 is 29.9 Å². The molecule has 0 heterocycles. The molecule has 2 rings (SSSR count). The molecule has 0 aromatic heterocycles. The molecule has 0 radical (unpaired) electrons. The second kappa shape index (κ2) is 36.6. The Hall–Kier alpha value is -2.76. The van der Waals surface area contributed by atoms with Crippen LogP contribution < -0.4 is 0 Å². The van der Waals surface area contributed by atoms with Crippen molar-refractivity contribution >= 4 is 89.5 Å². The van der Waals surface area contributed by atoms with Crippen molar-refractivity contribution in [3.05, 3.63) is 70.8 Å². The van der Waals surface area contributed by atoms with Crippen molar-refractivity contribution in [2.75, 3.05) is 48.6 Å². The van der Waals surface area contributed by atoms with Crippen LogP contribution in [0, 0.1) is 11.8 Å². The van der Waals surface area contributed by atoms with Gasteiger partial charge in [0.15, 0.2) is 10.2 Å². The molecule has 16 heteroatoms. The lowest BCUT2D eigenvalue weighted by Crippen LogP contribution is -2.14. The Morgan fingerprint density at radius 1 is 0.625 bits per heavy atom. The predicted octanol–water partition coefficient (Wildman–Crippen LogP) is 8.78. The zero-order valence-electron chi connectivity index (χ0n) is 32.7. The van der Waals surface area contributed by atoms with E-state index in [2.05, 4.69) is 31.9 Å². The largest absolute Gasteiger partial charge is 0.478 e. The molecule has 0 amide bonds. The van der Waals surface area contributed by atoms with Crippen LogP contribution in [0.4, 0.5) is 0 Å². The number of halogens is 2. The average molecular weight is 955 g/mol. The van der Waals surface area contributed by atoms with Gasteiger partial charge in [-0.05, 0) is 91.8 Å². The van der Waals surface area contributed by atoms with E-state index in [9.17, 15) is 28.8 Å². The van der Waals surface area contributed by atoms with Gasteiger partial charge >= 0.3 is 23.9 Å². The zero-order chi connectivity index (χ0) is 42.7. The first-order chi connectivity index (χ1) is 26.7. The Labute approximate surface area is 356 Å². The molecule has 4 N–H and O–H groups in total. The molecular formula is C40H58Br2O12S2. The molecule has 0 aliphatic heterocycles. The number of alkyl halides is 2. The Kier molecular flexibility index (Phi) is 36.1. The Bertz CT molecular complexity index is 1390. The van der Waals surface area contributed by atoms with Crippen LogP contribution >= 0.6 is 55.4 Å². The van der Waals surface area contributed by atoms with Gasteiger partial charge in [-0.3, -0.25) is 9.59 Å². The van der Waals surface area contributed by atoms with Crippen molar-refractivity contribution in [3.8, 4) is 0 Å². The van der Waals surface area contributed by atoms with E-state index < -0.39 is 23.9 Å². The fourth-order valence-corrected chi connectivity index (χ4v) is 5.39. The molecule has 0 saturated heterocycles. The number of benzene rings is 2. The molecule has 0 saturated carbocycles. The van der Waals surface area contributed by atoms with Gasteiger partial charge in [0, 0.05) is 36.7 Å². The molecule has 0 aliphatic rings. The maximum absolute atomic E-state index is 12.1. The summed E-state index contributed by atoms with van der Waals surface area (Å²) in [4.78, 5) is 67.2. The Morgan fingerprint density at radius 3 is 1.45 bits per heavy atom.